The first-order valence-electron chi connectivity index (χ1n) is 13.6. The van der Waals surface area contributed by atoms with Crippen molar-refractivity contribution in [3.8, 4) is 11.5 Å². The van der Waals surface area contributed by atoms with Crippen molar-refractivity contribution in [2.45, 2.75) is 71.9 Å². The zero-order chi connectivity index (χ0) is 26.7. The Bertz CT molecular complexity index is 1210. The normalized spacial score (nSPS) is 15.7. The molecule has 1 aliphatic rings. The highest BCUT2D eigenvalue weighted by atomic mass is 16.5. The molecule has 4 nitrogen and oxygen atoms in total. The molecule has 1 atom stereocenters. The third-order valence-corrected chi connectivity index (χ3v) is 8.26. The van der Waals surface area contributed by atoms with Gasteiger partial charge >= 0.3 is 0 Å². The van der Waals surface area contributed by atoms with Crippen LogP contribution in [0.15, 0.2) is 48.5 Å². The van der Waals surface area contributed by atoms with Crippen molar-refractivity contribution >= 4 is 0 Å². The second-order valence-electron chi connectivity index (χ2n) is 10.8. The Labute approximate surface area is 223 Å². The molecule has 37 heavy (non-hydrogen) atoms. The number of hydrogen-bond acceptors (Lipinski definition) is 4. The summed E-state index contributed by atoms with van der Waals surface area (Å²) in [6, 6.07) is 17.4. The van der Waals surface area contributed by atoms with Crippen molar-refractivity contribution in [3.05, 3.63) is 93.0 Å². The van der Waals surface area contributed by atoms with Crippen molar-refractivity contribution in [2.75, 3.05) is 27.3 Å². The van der Waals surface area contributed by atoms with Crippen LogP contribution in [0.2, 0.25) is 0 Å². The van der Waals surface area contributed by atoms with Gasteiger partial charge in [0.25, 0.3) is 0 Å². The molecular formula is C33H43NO3. The summed E-state index contributed by atoms with van der Waals surface area (Å²) in [5.41, 5.74) is 8.75. The molecule has 1 heterocycles. The summed E-state index contributed by atoms with van der Waals surface area (Å²) < 4.78 is 11.6. The molecular weight excluding hydrogens is 458 g/mol. The summed E-state index contributed by atoms with van der Waals surface area (Å²) in [7, 11) is 3.39. The highest BCUT2D eigenvalue weighted by molar-refractivity contribution is 5.60. The molecule has 4 heteroatoms. The molecule has 3 aromatic carbocycles. The fourth-order valence-corrected chi connectivity index (χ4v) is 5.97. The number of aliphatic hydroxyl groups is 1. The van der Waals surface area contributed by atoms with Crippen LogP contribution in [0.3, 0.4) is 0 Å². The smallest absolute Gasteiger partial charge is 0.128 e. The first kappa shape index (κ1) is 27.2. The zero-order valence-corrected chi connectivity index (χ0v) is 23.6. The van der Waals surface area contributed by atoms with Crippen LogP contribution in [-0.4, -0.2) is 37.3 Å². The van der Waals surface area contributed by atoms with Crippen LogP contribution in [0, 0.1) is 20.8 Å². The lowest BCUT2D eigenvalue weighted by atomic mass is 9.80. The van der Waals surface area contributed by atoms with Crippen LogP contribution < -0.4 is 9.47 Å². The van der Waals surface area contributed by atoms with Gasteiger partial charge in [-0.25, -0.2) is 0 Å². The number of piperidine rings is 1. The molecule has 0 aliphatic carbocycles. The molecule has 0 bridgehead atoms. The molecule has 1 unspecified atom stereocenters. The van der Waals surface area contributed by atoms with Gasteiger partial charge in [-0.05, 0) is 91.9 Å². The SMILES string of the molecule is COc1c(C)c(C)c(OC)c(C(O)c2ccc(C(C)C)cc2C2CCN(Cc3ccccc3)CC2)c1C. The number of hydrogen-bond donors (Lipinski definition) is 1. The third-order valence-electron chi connectivity index (χ3n) is 8.26. The first-order chi connectivity index (χ1) is 17.8. The molecule has 1 N–H and O–H groups in total. The van der Waals surface area contributed by atoms with E-state index < -0.39 is 6.10 Å². The van der Waals surface area contributed by atoms with Crippen LogP contribution in [-0.2, 0) is 6.54 Å². The summed E-state index contributed by atoms with van der Waals surface area (Å²) in [6.07, 6.45) is 1.38. The quantitative estimate of drug-likeness (QED) is 0.354. The average molecular weight is 502 g/mol. The van der Waals surface area contributed by atoms with E-state index in [4.69, 9.17) is 9.47 Å². The molecule has 1 saturated heterocycles. The summed E-state index contributed by atoms with van der Waals surface area (Å²) >= 11 is 0. The van der Waals surface area contributed by atoms with Crippen LogP contribution in [0.25, 0.3) is 0 Å². The lowest BCUT2D eigenvalue weighted by Crippen LogP contribution is -2.32. The molecule has 4 rings (SSSR count). The molecule has 0 aromatic heterocycles. The minimum atomic E-state index is -0.790. The average Bonchev–Trinajstić information content (AvgIpc) is 2.91. The first-order valence-corrected chi connectivity index (χ1v) is 13.6. The number of nitrogens with zero attached hydrogens (tertiary/aromatic N) is 1. The Morgan fingerprint density at radius 3 is 2.08 bits per heavy atom. The van der Waals surface area contributed by atoms with Crippen LogP contribution in [0.4, 0.5) is 0 Å². The molecule has 3 aromatic rings. The highest BCUT2D eigenvalue weighted by Gasteiger charge is 2.30. The highest BCUT2D eigenvalue weighted by Crippen LogP contribution is 2.45. The predicted octanol–water partition coefficient (Wildman–Crippen LogP) is 7.21. The van der Waals surface area contributed by atoms with Crippen LogP contribution in [0.1, 0.15) is 89.1 Å². The third kappa shape index (κ3) is 5.56. The number of rotatable bonds is 8. The molecule has 0 radical (unpaired) electrons. The largest absolute Gasteiger partial charge is 0.496 e. The van der Waals surface area contributed by atoms with Gasteiger partial charge in [0.05, 0.1) is 14.2 Å². The predicted molar refractivity (Wildman–Crippen MR) is 152 cm³/mol. The van der Waals surface area contributed by atoms with E-state index in [1.165, 1.54) is 16.7 Å². The van der Waals surface area contributed by atoms with E-state index in [2.05, 4.69) is 67.3 Å². The van der Waals surface area contributed by atoms with E-state index in [9.17, 15) is 5.11 Å². The molecule has 0 amide bonds. The summed E-state index contributed by atoms with van der Waals surface area (Å²) in [4.78, 5) is 2.55. The topological polar surface area (TPSA) is 41.9 Å². The minimum Gasteiger partial charge on any atom is -0.496 e. The fourth-order valence-electron chi connectivity index (χ4n) is 5.97. The molecule has 1 fully saturated rings. The van der Waals surface area contributed by atoms with E-state index in [0.29, 0.717) is 11.8 Å². The van der Waals surface area contributed by atoms with Crippen molar-refractivity contribution in [3.63, 3.8) is 0 Å². The van der Waals surface area contributed by atoms with Gasteiger partial charge in [-0.1, -0.05) is 62.4 Å². The van der Waals surface area contributed by atoms with Gasteiger partial charge in [0, 0.05) is 17.7 Å². The van der Waals surface area contributed by atoms with E-state index in [1.54, 1.807) is 14.2 Å². The van der Waals surface area contributed by atoms with Gasteiger partial charge in [0.2, 0.25) is 0 Å². The number of ether oxygens (including phenoxy) is 2. The van der Waals surface area contributed by atoms with Gasteiger partial charge in [0.15, 0.2) is 0 Å². The van der Waals surface area contributed by atoms with Gasteiger partial charge in [-0.3, -0.25) is 4.90 Å². The number of methoxy groups -OCH3 is 2. The molecule has 198 valence electrons. The summed E-state index contributed by atoms with van der Waals surface area (Å²) in [5.74, 6) is 2.41. The Kier molecular flexibility index (Phi) is 8.61. The number of benzene rings is 3. The Morgan fingerprint density at radius 1 is 0.865 bits per heavy atom. The summed E-state index contributed by atoms with van der Waals surface area (Å²) in [6.45, 7) is 13.7. The molecule has 0 spiro atoms. The maximum atomic E-state index is 12.0. The second-order valence-corrected chi connectivity index (χ2v) is 10.8. The fraction of sp³-hybridized carbons (Fsp3) is 0.455. The summed E-state index contributed by atoms with van der Waals surface area (Å²) in [5, 5.41) is 12.0. The van der Waals surface area contributed by atoms with E-state index >= 15 is 0 Å². The van der Waals surface area contributed by atoms with Gasteiger partial charge in [0.1, 0.15) is 17.6 Å². The maximum Gasteiger partial charge on any atom is 0.128 e. The van der Waals surface area contributed by atoms with Crippen molar-refractivity contribution in [2.24, 2.45) is 0 Å². The van der Waals surface area contributed by atoms with E-state index in [-0.39, 0.29) is 0 Å². The van der Waals surface area contributed by atoms with Gasteiger partial charge < -0.3 is 14.6 Å². The lowest BCUT2D eigenvalue weighted by Gasteiger charge is -2.34. The Hall–Kier alpha value is -2.82. The van der Waals surface area contributed by atoms with Crippen molar-refractivity contribution in [1.29, 1.82) is 0 Å². The van der Waals surface area contributed by atoms with Crippen molar-refractivity contribution in [1.82, 2.24) is 4.90 Å². The van der Waals surface area contributed by atoms with E-state index in [0.717, 1.165) is 71.8 Å². The number of aliphatic hydroxyl groups excluding tert-OH is 1. The second kappa shape index (κ2) is 11.7. The van der Waals surface area contributed by atoms with Crippen molar-refractivity contribution < 1.29 is 14.6 Å². The monoisotopic (exact) mass is 501 g/mol. The number of likely N-dealkylation sites (tertiary alicyclic amines) is 1. The lowest BCUT2D eigenvalue weighted by molar-refractivity contribution is 0.195. The molecule has 1 aliphatic heterocycles. The standard InChI is InChI=1S/C33H43NO3/c1-21(2)27-13-14-28(31(35)30-24(5)32(36-6)22(3)23(4)33(30)37-7)29(19-27)26-15-17-34(18-16-26)20-25-11-9-8-10-12-25/h8-14,19,21,26,31,35H,15-18,20H2,1-7H3. The Morgan fingerprint density at radius 2 is 1.49 bits per heavy atom. The maximum absolute atomic E-state index is 12.0. The van der Waals surface area contributed by atoms with Gasteiger partial charge in [-0.2, -0.15) is 0 Å². The Balaban J connectivity index is 1.69. The van der Waals surface area contributed by atoms with Crippen LogP contribution in [0.5, 0.6) is 11.5 Å². The minimum absolute atomic E-state index is 0.412. The zero-order valence-electron chi connectivity index (χ0n) is 23.6. The molecule has 0 saturated carbocycles. The van der Waals surface area contributed by atoms with Gasteiger partial charge in [-0.15, -0.1) is 0 Å². The van der Waals surface area contributed by atoms with Crippen LogP contribution >= 0.6 is 0 Å². The van der Waals surface area contributed by atoms with E-state index in [1.807, 2.05) is 20.8 Å².